The molecule has 0 aliphatic carbocycles. The van der Waals surface area contributed by atoms with Crippen LogP contribution < -0.4 is 5.32 Å². The zero-order chi connectivity index (χ0) is 13.7. The van der Waals surface area contributed by atoms with E-state index in [1.807, 2.05) is 12.3 Å². The number of hydrogen-bond acceptors (Lipinski definition) is 2. The molecule has 2 heterocycles. The van der Waals surface area contributed by atoms with Crippen LogP contribution in [0.5, 0.6) is 0 Å². The van der Waals surface area contributed by atoms with Gasteiger partial charge in [-0.15, -0.1) is 0 Å². The van der Waals surface area contributed by atoms with E-state index in [4.69, 9.17) is 4.98 Å². The van der Waals surface area contributed by atoms with E-state index in [-0.39, 0.29) is 6.04 Å². The van der Waals surface area contributed by atoms with Gasteiger partial charge in [0.15, 0.2) is 0 Å². The van der Waals surface area contributed by atoms with E-state index >= 15 is 0 Å². The number of unbranched alkanes of at least 4 members (excludes halogenated alkanes) is 1. The molecule has 2 rings (SSSR count). The highest BCUT2D eigenvalue weighted by Gasteiger charge is 2.18. The average Bonchev–Trinajstić information content (AvgIpc) is 2.75. The lowest BCUT2D eigenvalue weighted by Gasteiger charge is -2.15. The van der Waals surface area contributed by atoms with Crippen LogP contribution in [0.4, 0.5) is 0 Å². The second-order valence-electron chi connectivity index (χ2n) is 4.85. The normalized spacial score (nSPS) is 18.2. The van der Waals surface area contributed by atoms with Crippen LogP contribution in [0.1, 0.15) is 49.9 Å². The number of aryl methyl sites for hydroxylation is 1. The Bertz CT molecular complexity index is 506. The second-order valence-corrected chi connectivity index (χ2v) is 4.85. The van der Waals surface area contributed by atoms with Gasteiger partial charge >= 0.3 is 0 Å². The Morgan fingerprint density at radius 3 is 2.89 bits per heavy atom. The van der Waals surface area contributed by atoms with E-state index in [9.17, 15) is 0 Å². The molecule has 0 amide bonds. The number of rotatable bonds is 5. The van der Waals surface area contributed by atoms with Crippen molar-refractivity contribution >= 4 is 6.08 Å². The Hall–Kier alpha value is -1.77. The van der Waals surface area contributed by atoms with Gasteiger partial charge in [0, 0.05) is 7.05 Å². The van der Waals surface area contributed by atoms with E-state index in [0.717, 1.165) is 12.2 Å². The first kappa shape index (κ1) is 13.7. The minimum atomic E-state index is 0.175. The summed E-state index contributed by atoms with van der Waals surface area (Å²) in [6, 6.07) is 0.175. The third kappa shape index (κ3) is 2.98. The van der Waals surface area contributed by atoms with Crippen molar-refractivity contribution in [2.24, 2.45) is 7.05 Å². The van der Waals surface area contributed by atoms with Crippen molar-refractivity contribution in [3.05, 3.63) is 47.7 Å². The number of dihydropyridines is 1. The molecule has 1 aliphatic rings. The molecular formula is C16H23N3. The predicted molar refractivity (Wildman–Crippen MR) is 80.7 cm³/mol. The standard InChI is InChI=1S/C16H23N3/c1-4-6-10-13-15(9-5-2)19(3)16(18-13)14-11-7-8-12-17-14/h5,7-9,11-12,14,17H,4,6,10H2,1-3H3/b9-5-. The Morgan fingerprint density at radius 1 is 1.42 bits per heavy atom. The summed E-state index contributed by atoms with van der Waals surface area (Å²) in [5, 5.41) is 3.34. The van der Waals surface area contributed by atoms with Crippen molar-refractivity contribution in [2.75, 3.05) is 0 Å². The average molecular weight is 257 g/mol. The van der Waals surface area contributed by atoms with Crippen LogP contribution in [0, 0.1) is 0 Å². The number of aromatic nitrogens is 2. The topological polar surface area (TPSA) is 29.9 Å². The van der Waals surface area contributed by atoms with Gasteiger partial charge in [-0.2, -0.15) is 0 Å². The summed E-state index contributed by atoms with van der Waals surface area (Å²) in [7, 11) is 2.10. The van der Waals surface area contributed by atoms with Crippen LogP contribution in [0.3, 0.4) is 0 Å². The fourth-order valence-electron chi connectivity index (χ4n) is 2.37. The SMILES string of the molecule is C/C=C\c1c(CCCC)nc(C2C=CC=CN2)n1C. The van der Waals surface area contributed by atoms with E-state index in [0.29, 0.717) is 0 Å². The largest absolute Gasteiger partial charge is 0.378 e. The molecule has 19 heavy (non-hydrogen) atoms. The molecule has 1 unspecified atom stereocenters. The Labute approximate surface area is 115 Å². The van der Waals surface area contributed by atoms with Crippen molar-refractivity contribution in [3.63, 3.8) is 0 Å². The fraction of sp³-hybridized carbons (Fsp3) is 0.438. The molecule has 0 radical (unpaired) electrons. The van der Waals surface area contributed by atoms with Gasteiger partial charge in [-0.05, 0) is 38.1 Å². The van der Waals surface area contributed by atoms with Gasteiger partial charge in [-0.25, -0.2) is 4.98 Å². The number of nitrogens with one attached hydrogen (secondary N) is 1. The van der Waals surface area contributed by atoms with Gasteiger partial charge < -0.3 is 9.88 Å². The molecule has 1 aliphatic heterocycles. The van der Waals surface area contributed by atoms with Gasteiger partial charge in [-0.3, -0.25) is 0 Å². The summed E-state index contributed by atoms with van der Waals surface area (Å²) in [6.07, 6.45) is 15.9. The molecule has 3 heteroatoms. The van der Waals surface area contributed by atoms with Crippen molar-refractivity contribution in [3.8, 4) is 0 Å². The summed E-state index contributed by atoms with van der Waals surface area (Å²) < 4.78 is 2.20. The summed E-state index contributed by atoms with van der Waals surface area (Å²) >= 11 is 0. The predicted octanol–water partition coefficient (Wildman–Crippen LogP) is 3.51. The molecule has 0 saturated heterocycles. The fourth-order valence-corrected chi connectivity index (χ4v) is 2.37. The summed E-state index contributed by atoms with van der Waals surface area (Å²) in [4.78, 5) is 4.85. The highest BCUT2D eigenvalue weighted by molar-refractivity contribution is 5.49. The molecule has 1 N–H and O–H groups in total. The smallest absolute Gasteiger partial charge is 0.135 e. The molecule has 0 spiro atoms. The first-order chi connectivity index (χ1) is 9.27. The lowest BCUT2D eigenvalue weighted by atomic mass is 10.1. The maximum Gasteiger partial charge on any atom is 0.135 e. The molecule has 0 fully saturated rings. The van der Waals surface area contributed by atoms with Crippen LogP contribution in [-0.2, 0) is 13.5 Å². The molecule has 102 valence electrons. The van der Waals surface area contributed by atoms with Crippen molar-refractivity contribution in [2.45, 2.75) is 39.2 Å². The summed E-state index contributed by atoms with van der Waals surface area (Å²) in [5.74, 6) is 1.08. The molecule has 0 saturated carbocycles. The van der Waals surface area contributed by atoms with Crippen LogP contribution in [-0.4, -0.2) is 9.55 Å². The minimum absolute atomic E-state index is 0.175. The van der Waals surface area contributed by atoms with Gasteiger partial charge in [0.1, 0.15) is 11.9 Å². The Kier molecular flexibility index (Phi) is 4.61. The van der Waals surface area contributed by atoms with Crippen molar-refractivity contribution in [1.82, 2.24) is 14.9 Å². The number of hydrogen-bond donors (Lipinski definition) is 1. The van der Waals surface area contributed by atoms with Crippen LogP contribution >= 0.6 is 0 Å². The first-order valence-corrected chi connectivity index (χ1v) is 7.05. The van der Waals surface area contributed by atoms with Crippen molar-refractivity contribution in [1.29, 1.82) is 0 Å². The minimum Gasteiger partial charge on any atom is -0.378 e. The summed E-state index contributed by atoms with van der Waals surface area (Å²) in [6.45, 7) is 4.27. The maximum atomic E-state index is 4.85. The highest BCUT2D eigenvalue weighted by Crippen LogP contribution is 2.22. The molecule has 1 aromatic heterocycles. The zero-order valence-corrected chi connectivity index (χ0v) is 12.1. The van der Waals surface area contributed by atoms with Crippen LogP contribution in [0.15, 0.2) is 30.5 Å². The van der Waals surface area contributed by atoms with Crippen LogP contribution in [0.25, 0.3) is 6.08 Å². The van der Waals surface area contributed by atoms with Gasteiger partial charge in [0.05, 0.1) is 11.4 Å². The Balaban J connectivity index is 2.33. The van der Waals surface area contributed by atoms with Gasteiger partial charge in [0.2, 0.25) is 0 Å². The molecular weight excluding hydrogens is 234 g/mol. The third-order valence-corrected chi connectivity index (χ3v) is 3.41. The lowest BCUT2D eigenvalue weighted by molar-refractivity contribution is 0.650. The van der Waals surface area contributed by atoms with Crippen molar-refractivity contribution < 1.29 is 0 Å². The van der Waals surface area contributed by atoms with E-state index in [1.54, 1.807) is 0 Å². The third-order valence-electron chi connectivity index (χ3n) is 3.41. The molecule has 1 atom stereocenters. The van der Waals surface area contributed by atoms with Gasteiger partial charge in [-0.1, -0.05) is 31.6 Å². The molecule has 1 aromatic rings. The van der Waals surface area contributed by atoms with E-state index in [2.05, 4.69) is 55.1 Å². The first-order valence-electron chi connectivity index (χ1n) is 7.05. The number of allylic oxidation sites excluding steroid dienone is 3. The monoisotopic (exact) mass is 257 g/mol. The zero-order valence-electron chi connectivity index (χ0n) is 12.1. The number of nitrogens with zero attached hydrogens (tertiary/aromatic N) is 2. The van der Waals surface area contributed by atoms with Gasteiger partial charge in [0.25, 0.3) is 0 Å². The van der Waals surface area contributed by atoms with E-state index < -0.39 is 0 Å². The second kappa shape index (κ2) is 6.41. The van der Waals surface area contributed by atoms with E-state index in [1.165, 1.54) is 24.2 Å². The molecule has 0 aromatic carbocycles. The highest BCUT2D eigenvalue weighted by atomic mass is 15.1. The maximum absolute atomic E-state index is 4.85. The molecule has 0 bridgehead atoms. The Morgan fingerprint density at radius 2 is 2.26 bits per heavy atom. The molecule has 3 nitrogen and oxygen atoms in total. The number of imidazole rings is 1. The van der Waals surface area contributed by atoms with Crippen LogP contribution in [0.2, 0.25) is 0 Å². The quantitative estimate of drug-likeness (QED) is 0.874. The lowest BCUT2D eigenvalue weighted by Crippen LogP contribution is -2.19. The summed E-state index contributed by atoms with van der Waals surface area (Å²) in [5.41, 5.74) is 2.44.